The van der Waals surface area contributed by atoms with Crippen molar-refractivity contribution in [2.75, 3.05) is 12.4 Å². The highest BCUT2D eigenvalue weighted by molar-refractivity contribution is 5.97. The Morgan fingerprint density at radius 1 is 1.33 bits per heavy atom. The number of hydrogen-bond donors (Lipinski definition) is 3. The molecule has 3 aromatic rings. The van der Waals surface area contributed by atoms with Crippen molar-refractivity contribution in [3.63, 3.8) is 0 Å². The molecule has 7 nitrogen and oxygen atoms in total. The van der Waals surface area contributed by atoms with E-state index in [1.54, 1.807) is 17.9 Å². The van der Waals surface area contributed by atoms with Gasteiger partial charge in [0.05, 0.1) is 17.2 Å². The predicted octanol–water partition coefficient (Wildman–Crippen LogP) is 3.31. The lowest BCUT2D eigenvalue weighted by Gasteiger charge is -2.22. The first kappa shape index (κ1) is 21.2. The molecule has 1 amide bonds. The van der Waals surface area contributed by atoms with Gasteiger partial charge in [-0.3, -0.25) is 9.48 Å². The summed E-state index contributed by atoms with van der Waals surface area (Å²) in [6.07, 6.45) is 7.23. The number of aryl methyl sites for hydroxylation is 1. The van der Waals surface area contributed by atoms with Gasteiger partial charge in [0.1, 0.15) is 11.9 Å². The number of halogens is 2. The van der Waals surface area contributed by atoms with Crippen molar-refractivity contribution in [2.24, 2.45) is 7.05 Å². The number of aromatic amines is 1. The summed E-state index contributed by atoms with van der Waals surface area (Å²) < 4.78 is 1.69. The normalized spacial score (nSPS) is 14.7. The third kappa shape index (κ3) is 4.26. The third-order valence-corrected chi connectivity index (χ3v) is 4.87. The first-order valence-electron chi connectivity index (χ1n) is 8.60. The van der Waals surface area contributed by atoms with E-state index in [4.69, 9.17) is 0 Å². The maximum absolute atomic E-state index is 12.6. The topological polar surface area (TPSA) is 87.6 Å². The Morgan fingerprint density at radius 2 is 2.11 bits per heavy atom. The molecule has 0 aliphatic heterocycles. The molecular formula is C18H24Cl2N6O. The highest BCUT2D eigenvalue weighted by Gasteiger charge is 2.23. The van der Waals surface area contributed by atoms with Crippen molar-refractivity contribution in [2.45, 2.75) is 31.2 Å². The average Bonchev–Trinajstić information content (AvgIpc) is 3.12. The molecular weight excluding hydrogens is 387 g/mol. The summed E-state index contributed by atoms with van der Waals surface area (Å²) in [6, 6.07) is 5.33. The summed E-state index contributed by atoms with van der Waals surface area (Å²) >= 11 is 0. The highest BCUT2D eigenvalue weighted by atomic mass is 35.5. The van der Waals surface area contributed by atoms with Crippen LogP contribution in [0, 0.1) is 0 Å². The van der Waals surface area contributed by atoms with Gasteiger partial charge in [-0.15, -0.1) is 24.8 Å². The summed E-state index contributed by atoms with van der Waals surface area (Å²) in [5.74, 6) is 1.51. The third-order valence-electron chi connectivity index (χ3n) is 4.87. The second-order valence-electron chi connectivity index (χ2n) is 6.64. The lowest BCUT2D eigenvalue weighted by molar-refractivity contribution is -0.118. The predicted molar refractivity (Wildman–Crippen MR) is 111 cm³/mol. The lowest BCUT2D eigenvalue weighted by Crippen LogP contribution is -2.30. The van der Waals surface area contributed by atoms with Crippen LogP contribution in [-0.4, -0.2) is 32.7 Å². The van der Waals surface area contributed by atoms with Crippen molar-refractivity contribution in [1.29, 1.82) is 0 Å². The number of nitrogens with one attached hydrogen (secondary N) is 3. The lowest BCUT2D eigenvalue weighted by atomic mass is 9.85. The number of H-pyrrole nitrogens is 1. The molecule has 9 heteroatoms. The standard InChI is InChI=1S/C18H22N6O.2ClH/c1-19-16(12-9-20-24(2)10-12)18(25)21-13-6-7-14-15(8-13)23-17(22-14)11-4-3-5-11;;/h6-11,16,19H,3-5H2,1-2H3,(H,21,25)(H,22,23);2*1H. The Balaban J connectivity index is 0.00000131. The maximum atomic E-state index is 12.6. The van der Waals surface area contributed by atoms with Gasteiger partial charge in [0.15, 0.2) is 0 Å². The minimum Gasteiger partial charge on any atom is -0.342 e. The number of anilines is 1. The van der Waals surface area contributed by atoms with Crippen LogP contribution in [0.4, 0.5) is 5.69 Å². The van der Waals surface area contributed by atoms with Crippen LogP contribution < -0.4 is 10.6 Å². The van der Waals surface area contributed by atoms with Gasteiger partial charge in [-0.2, -0.15) is 5.10 Å². The molecule has 1 saturated carbocycles. The molecule has 1 aliphatic rings. The Morgan fingerprint density at radius 3 is 2.70 bits per heavy atom. The first-order chi connectivity index (χ1) is 12.1. The maximum Gasteiger partial charge on any atom is 0.246 e. The fourth-order valence-electron chi connectivity index (χ4n) is 3.23. The monoisotopic (exact) mass is 410 g/mol. The van der Waals surface area contributed by atoms with E-state index in [9.17, 15) is 4.79 Å². The summed E-state index contributed by atoms with van der Waals surface area (Å²) in [6.45, 7) is 0. The summed E-state index contributed by atoms with van der Waals surface area (Å²) in [5, 5.41) is 10.1. The summed E-state index contributed by atoms with van der Waals surface area (Å²) in [4.78, 5) is 20.7. The minimum atomic E-state index is -0.447. The van der Waals surface area contributed by atoms with Crippen molar-refractivity contribution in [3.05, 3.63) is 42.0 Å². The van der Waals surface area contributed by atoms with Gasteiger partial charge in [0, 0.05) is 30.4 Å². The number of benzene rings is 1. The molecule has 2 aromatic heterocycles. The van der Waals surface area contributed by atoms with Crippen LogP contribution in [0.3, 0.4) is 0 Å². The van der Waals surface area contributed by atoms with Gasteiger partial charge in [0.2, 0.25) is 5.91 Å². The van der Waals surface area contributed by atoms with E-state index in [2.05, 4.69) is 25.7 Å². The molecule has 0 bridgehead atoms. The second kappa shape index (κ2) is 8.73. The smallest absolute Gasteiger partial charge is 0.246 e. The molecule has 3 N–H and O–H groups in total. The van der Waals surface area contributed by atoms with Gasteiger partial charge in [-0.05, 0) is 38.1 Å². The van der Waals surface area contributed by atoms with Gasteiger partial charge >= 0.3 is 0 Å². The zero-order valence-electron chi connectivity index (χ0n) is 15.2. The Bertz CT molecular complexity index is 918. The number of likely N-dealkylation sites (N-methyl/N-ethyl adjacent to an activating group) is 1. The first-order valence-corrected chi connectivity index (χ1v) is 8.60. The minimum absolute atomic E-state index is 0. The van der Waals surface area contributed by atoms with Crippen LogP contribution in [0.15, 0.2) is 30.6 Å². The number of nitrogens with zero attached hydrogens (tertiary/aromatic N) is 3. The average molecular weight is 411 g/mol. The van der Waals surface area contributed by atoms with E-state index in [-0.39, 0.29) is 30.7 Å². The fourth-order valence-corrected chi connectivity index (χ4v) is 3.23. The quantitative estimate of drug-likeness (QED) is 0.601. The number of fused-ring (bicyclic) bond motifs is 1. The van der Waals surface area contributed by atoms with E-state index < -0.39 is 6.04 Å². The van der Waals surface area contributed by atoms with Crippen LogP contribution in [0.2, 0.25) is 0 Å². The molecule has 4 rings (SSSR count). The molecule has 1 fully saturated rings. The molecule has 146 valence electrons. The molecule has 0 saturated heterocycles. The Hall–Kier alpha value is -2.09. The van der Waals surface area contributed by atoms with Crippen LogP contribution in [0.25, 0.3) is 11.0 Å². The van der Waals surface area contributed by atoms with Gasteiger partial charge in [0.25, 0.3) is 0 Å². The molecule has 1 aromatic carbocycles. The van der Waals surface area contributed by atoms with Crippen LogP contribution in [0.1, 0.15) is 42.6 Å². The Labute approximate surface area is 170 Å². The molecule has 0 spiro atoms. The molecule has 1 aliphatic carbocycles. The van der Waals surface area contributed by atoms with E-state index in [0.29, 0.717) is 5.92 Å². The fraction of sp³-hybridized carbons (Fsp3) is 0.389. The van der Waals surface area contributed by atoms with E-state index in [1.807, 2.05) is 31.4 Å². The number of hydrogen-bond acceptors (Lipinski definition) is 4. The second-order valence-corrected chi connectivity index (χ2v) is 6.64. The summed E-state index contributed by atoms with van der Waals surface area (Å²) in [5.41, 5.74) is 3.49. The van der Waals surface area contributed by atoms with E-state index in [1.165, 1.54) is 19.3 Å². The number of rotatable bonds is 5. The number of aromatic nitrogens is 4. The zero-order chi connectivity index (χ0) is 17.4. The SMILES string of the molecule is CNC(C(=O)Nc1ccc2nc(C3CCC3)[nH]c2c1)c1cnn(C)c1.Cl.Cl. The zero-order valence-corrected chi connectivity index (χ0v) is 16.9. The molecule has 1 atom stereocenters. The van der Waals surface area contributed by atoms with Gasteiger partial charge in [-0.25, -0.2) is 4.98 Å². The summed E-state index contributed by atoms with van der Waals surface area (Å²) in [7, 11) is 3.60. The van der Waals surface area contributed by atoms with Crippen LogP contribution in [0.5, 0.6) is 0 Å². The number of carbonyl (C=O) groups is 1. The largest absolute Gasteiger partial charge is 0.342 e. The number of imidazole rings is 1. The van der Waals surface area contributed by atoms with Gasteiger partial charge in [-0.1, -0.05) is 6.42 Å². The van der Waals surface area contributed by atoms with Gasteiger partial charge < -0.3 is 15.6 Å². The molecule has 27 heavy (non-hydrogen) atoms. The van der Waals surface area contributed by atoms with Crippen molar-refractivity contribution in [3.8, 4) is 0 Å². The molecule has 1 unspecified atom stereocenters. The van der Waals surface area contributed by atoms with E-state index >= 15 is 0 Å². The van der Waals surface area contributed by atoms with E-state index in [0.717, 1.165) is 28.1 Å². The highest BCUT2D eigenvalue weighted by Crippen LogP contribution is 2.35. The number of amides is 1. The Kier molecular flexibility index (Phi) is 6.86. The molecule has 0 radical (unpaired) electrons. The number of carbonyl (C=O) groups excluding carboxylic acids is 1. The van der Waals surface area contributed by atoms with Crippen molar-refractivity contribution >= 4 is 47.4 Å². The van der Waals surface area contributed by atoms with Crippen molar-refractivity contribution < 1.29 is 4.79 Å². The van der Waals surface area contributed by atoms with Crippen LogP contribution in [-0.2, 0) is 11.8 Å². The van der Waals surface area contributed by atoms with Crippen LogP contribution >= 0.6 is 24.8 Å². The molecule has 2 heterocycles. The van der Waals surface area contributed by atoms with Crippen molar-refractivity contribution in [1.82, 2.24) is 25.1 Å².